The third-order valence-electron chi connectivity index (χ3n) is 2.82. The fourth-order valence-electron chi connectivity index (χ4n) is 1.72. The van der Waals surface area contributed by atoms with Crippen LogP contribution in [0, 0.1) is 0 Å². The third kappa shape index (κ3) is 5.10. The van der Waals surface area contributed by atoms with E-state index in [-0.39, 0.29) is 0 Å². The van der Waals surface area contributed by atoms with Gasteiger partial charge in [0.15, 0.2) is 0 Å². The first-order valence-corrected chi connectivity index (χ1v) is 10.8. The number of rotatable bonds is 0. The van der Waals surface area contributed by atoms with Gasteiger partial charge in [-0.05, 0) is 25.7 Å². The Kier molecular flexibility index (Phi) is 8.71. The van der Waals surface area contributed by atoms with Crippen LogP contribution in [0.4, 0.5) is 0 Å². The van der Waals surface area contributed by atoms with E-state index in [1.54, 1.807) is 0 Å². The quantitative estimate of drug-likeness (QED) is 0.288. The lowest BCUT2D eigenvalue weighted by Gasteiger charge is -2.29. The highest BCUT2D eigenvalue weighted by atomic mass is 79.9. The van der Waals surface area contributed by atoms with Gasteiger partial charge in [-0.1, -0.05) is 95.6 Å². The SMILES string of the molecule is BrC1CCC(Br)C(Br)C(Br)C(Br)CCC1Br. The Bertz CT molecular complexity index is 189. The molecule has 0 aliphatic heterocycles. The van der Waals surface area contributed by atoms with E-state index in [2.05, 4.69) is 95.6 Å². The van der Waals surface area contributed by atoms with Crippen LogP contribution in [-0.4, -0.2) is 29.0 Å². The molecule has 0 heterocycles. The monoisotopic (exact) mass is 608 g/mol. The van der Waals surface area contributed by atoms with Gasteiger partial charge in [0.2, 0.25) is 0 Å². The number of alkyl halides is 6. The second-order valence-corrected chi connectivity index (χ2v) is 10.9. The Balaban J connectivity index is 2.67. The van der Waals surface area contributed by atoms with Gasteiger partial charge in [0.25, 0.3) is 0 Å². The molecule has 1 aliphatic rings. The van der Waals surface area contributed by atoms with Crippen LogP contribution in [0.2, 0.25) is 0 Å². The molecule has 0 bridgehead atoms. The molecule has 96 valence electrons. The molecule has 6 atom stereocenters. The lowest BCUT2D eigenvalue weighted by molar-refractivity contribution is 0.567. The molecular formula is C10H14Br6. The topological polar surface area (TPSA) is 0 Å². The van der Waals surface area contributed by atoms with E-state index in [4.69, 9.17) is 0 Å². The summed E-state index contributed by atoms with van der Waals surface area (Å²) in [5, 5.41) is 0. The van der Waals surface area contributed by atoms with Crippen molar-refractivity contribution in [1.82, 2.24) is 0 Å². The predicted molar refractivity (Wildman–Crippen MR) is 94.8 cm³/mol. The maximum Gasteiger partial charge on any atom is 0.0407 e. The van der Waals surface area contributed by atoms with Gasteiger partial charge in [-0.25, -0.2) is 0 Å². The summed E-state index contributed by atoms with van der Waals surface area (Å²) in [6.45, 7) is 0. The van der Waals surface area contributed by atoms with Gasteiger partial charge in [0.1, 0.15) is 0 Å². The second-order valence-electron chi connectivity index (χ2n) is 4.11. The molecular weight excluding hydrogens is 600 g/mol. The lowest BCUT2D eigenvalue weighted by atomic mass is 10.0. The molecule has 1 rings (SSSR count). The van der Waals surface area contributed by atoms with Crippen LogP contribution in [-0.2, 0) is 0 Å². The molecule has 1 saturated carbocycles. The first-order chi connectivity index (χ1) is 7.43. The largest absolute Gasteiger partial charge is 0.0879 e. The van der Waals surface area contributed by atoms with Crippen LogP contribution in [0.3, 0.4) is 0 Å². The Morgan fingerprint density at radius 3 is 1.00 bits per heavy atom. The number of hydrogen-bond donors (Lipinski definition) is 0. The van der Waals surface area contributed by atoms with E-state index >= 15 is 0 Å². The number of hydrogen-bond acceptors (Lipinski definition) is 0. The van der Waals surface area contributed by atoms with E-state index in [1.165, 1.54) is 25.7 Å². The summed E-state index contributed by atoms with van der Waals surface area (Å²) < 4.78 is 0. The molecule has 0 nitrogen and oxygen atoms in total. The van der Waals surface area contributed by atoms with Crippen molar-refractivity contribution in [2.45, 2.75) is 54.6 Å². The summed E-state index contributed by atoms with van der Waals surface area (Å²) in [6.07, 6.45) is 4.74. The standard InChI is InChI=1S/C10H14Br6/c11-5-1-3-7(13)9(15)10(16)8(14)4-2-6(5)12/h5-10H,1-4H2. The molecule has 0 aromatic heterocycles. The summed E-state index contributed by atoms with van der Waals surface area (Å²) in [5.74, 6) is 0. The first-order valence-electron chi connectivity index (χ1n) is 5.28. The summed E-state index contributed by atoms with van der Waals surface area (Å²) in [4.78, 5) is 3.08. The highest BCUT2D eigenvalue weighted by molar-refractivity contribution is 9.14. The molecule has 1 fully saturated rings. The molecule has 1 aliphatic carbocycles. The minimum absolute atomic E-state index is 0.462. The van der Waals surface area contributed by atoms with E-state index < -0.39 is 0 Å². The second kappa shape index (κ2) is 8.23. The molecule has 6 unspecified atom stereocenters. The van der Waals surface area contributed by atoms with Crippen LogP contribution in [0.5, 0.6) is 0 Å². The summed E-state index contributed by atoms with van der Waals surface area (Å²) in [5.41, 5.74) is 0. The molecule has 0 saturated heterocycles. The molecule has 0 spiro atoms. The zero-order chi connectivity index (χ0) is 12.3. The van der Waals surface area contributed by atoms with Crippen LogP contribution in [0.25, 0.3) is 0 Å². The van der Waals surface area contributed by atoms with Crippen molar-refractivity contribution in [3.63, 3.8) is 0 Å². The average molecular weight is 614 g/mol. The Labute approximate surface area is 148 Å². The van der Waals surface area contributed by atoms with Crippen molar-refractivity contribution in [3.8, 4) is 0 Å². The Morgan fingerprint density at radius 2 is 0.688 bits per heavy atom. The highest BCUT2D eigenvalue weighted by Gasteiger charge is 2.31. The molecule has 0 aromatic carbocycles. The highest BCUT2D eigenvalue weighted by Crippen LogP contribution is 2.36. The molecule has 16 heavy (non-hydrogen) atoms. The minimum atomic E-state index is 0.462. The normalized spacial score (nSPS) is 47.6. The van der Waals surface area contributed by atoms with E-state index in [9.17, 15) is 0 Å². The van der Waals surface area contributed by atoms with Gasteiger partial charge in [-0.3, -0.25) is 0 Å². The van der Waals surface area contributed by atoms with Gasteiger partial charge < -0.3 is 0 Å². The van der Waals surface area contributed by atoms with Crippen molar-refractivity contribution in [2.24, 2.45) is 0 Å². The van der Waals surface area contributed by atoms with Crippen molar-refractivity contribution >= 4 is 95.6 Å². The van der Waals surface area contributed by atoms with Crippen molar-refractivity contribution < 1.29 is 0 Å². The summed E-state index contributed by atoms with van der Waals surface area (Å²) >= 11 is 22.7. The van der Waals surface area contributed by atoms with Gasteiger partial charge in [0, 0.05) is 29.0 Å². The smallest absolute Gasteiger partial charge is 0.0407 e. The van der Waals surface area contributed by atoms with Crippen molar-refractivity contribution in [2.75, 3.05) is 0 Å². The first kappa shape index (κ1) is 16.9. The van der Waals surface area contributed by atoms with E-state index in [0.29, 0.717) is 29.0 Å². The van der Waals surface area contributed by atoms with Gasteiger partial charge in [0.05, 0.1) is 0 Å². The predicted octanol–water partition coefficient (Wildman–Crippen LogP) is 6.14. The maximum absolute atomic E-state index is 3.79. The fourth-order valence-corrected chi connectivity index (χ4v) is 6.04. The molecule has 0 amide bonds. The maximum atomic E-state index is 3.79. The molecule has 0 N–H and O–H groups in total. The van der Waals surface area contributed by atoms with Crippen LogP contribution >= 0.6 is 95.6 Å². The minimum Gasteiger partial charge on any atom is -0.0879 e. The van der Waals surface area contributed by atoms with Crippen molar-refractivity contribution in [3.05, 3.63) is 0 Å². The zero-order valence-electron chi connectivity index (χ0n) is 8.56. The average Bonchev–Trinajstić information content (AvgIpc) is 2.28. The molecule has 0 aromatic rings. The fraction of sp³-hybridized carbons (Fsp3) is 1.00. The van der Waals surface area contributed by atoms with Crippen LogP contribution in [0.15, 0.2) is 0 Å². The van der Waals surface area contributed by atoms with Crippen LogP contribution in [0.1, 0.15) is 25.7 Å². The van der Waals surface area contributed by atoms with E-state index in [0.717, 1.165) is 0 Å². The Morgan fingerprint density at radius 1 is 0.438 bits per heavy atom. The van der Waals surface area contributed by atoms with Gasteiger partial charge in [-0.15, -0.1) is 0 Å². The lowest BCUT2D eigenvalue weighted by Crippen LogP contribution is -2.34. The van der Waals surface area contributed by atoms with Gasteiger partial charge in [-0.2, -0.15) is 0 Å². The van der Waals surface area contributed by atoms with Crippen molar-refractivity contribution in [1.29, 1.82) is 0 Å². The number of halogens is 6. The Hall–Kier alpha value is 2.88. The summed E-state index contributed by atoms with van der Waals surface area (Å²) in [6, 6.07) is 0. The molecule has 6 heteroatoms. The summed E-state index contributed by atoms with van der Waals surface area (Å²) in [7, 11) is 0. The molecule has 0 radical (unpaired) electrons. The zero-order valence-corrected chi connectivity index (χ0v) is 18.1. The van der Waals surface area contributed by atoms with Crippen LogP contribution < -0.4 is 0 Å². The van der Waals surface area contributed by atoms with E-state index in [1.807, 2.05) is 0 Å². The van der Waals surface area contributed by atoms with Gasteiger partial charge >= 0.3 is 0 Å². The third-order valence-corrected chi connectivity index (χ3v) is 12.3.